The van der Waals surface area contributed by atoms with E-state index in [4.69, 9.17) is 4.74 Å². The highest BCUT2D eigenvalue weighted by molar-refractivity contribution is 7.89. The largest absolute Gasteiger partial charge is 0.489 e. The van der Waals surface area contributed by atoms with Crippen molar-refractivity contribution >= 4 is 44.6 Å². The summed E-state index contributed by atoms with van der Waals surface area (Å²) in [6.07, 6.45) is 5.35. The number of aromatic nitrogens is 4. The van der Waals surface area contributed by atoms with Gasteiger partial charge in [0.15, 0.2) is 11.6 Å². The normalized spacial score (nSPS) is 18.9. The van der Waals surface area contributed by atoms with E-state index >= 15 is 0 Å². The van der Waals surface area contributed by atoms with Gasteiger partial charge in [0, 0.05) is 57.1 Å². The topological polar surface area (TPSA) is 164 Å². The maximum Gasteiger partial charge on any atom is 0.387 e. The van der Waals surface area contributed by atoms with E-state index in [1.165, 1.54) is 14.8 Å². The second-order valence-electron chi connectivity index (χ2n) is 13.9. The van der Waals surface area contributed by atoms with Crippen molar-refractivity contribution in [3.8, 4) is 11.5 Å². The number of amides is 3. The van der Waals surface area contributed by atoms with Crippen LogP contribution in [0.5, 0.6) is 11.5 Å². The number of alkyl halides is 2. The number of aryl methyl sites for hydroxylation is 1. The van der Waals surface area contributed by atoms with Crippen LogP contribution in [0.4, 0.5) is 25.3 Å². The Morgan fingerprint density at radius 3 is 2.39 bits per heavy atom. The van der Waals surface area contributed by atoms with E-state index in [0.717, 1.165) is 49.2 Å². The molecular weight excluding hydrogens is 725 g/mol. The molecule has 5 heterocycles. The fourth-order valence-corrected chi connectivity index (χ4v) is 8.90. The minimum absolute atomic E-state index is 0.0814. The number of piperidine rings is 2. The summed E-state index contributed by atoms with van der Waals surface area (Å²) in [4.78, 5) is 36.2. The smallest absolute Gasteiger partial charge is 0.387 e. The predicted octanol–water partition coefficient (Wildman–Crippen LogP) is 4.32. The van der Waals surface area contributed by atoms with Crippen LogP contribution in [0.25, 0.3) is 10.9 Å². The lowest BCUT2D eigenvalue weighted by molar-refractivity contribution is -0.120. The summed E-state index contributed by atoms with van der Waals surface area (Å²) in [6.45, 7) is 2.38. The lowest BCUT2D eigenvalue weighted by Gasteiger charge is -2.34. The standard InChI is InChI=1S/C36H43F2N9O6S/c1-23(22-45-13-8-24(9-14-45)25-6-7-30-31(18-25)44(2)43-33(30)47-17-12-32(48)42-36(47)49)52-27-4-3-5-29(19-27)54(50,51)46-15-10-26(11-16-46)41-35-39-20-28(21-40-35)53-34(37)38/h3-7,18-21,23-24,26,34H,8-17,22H2,1-2H3,(H,39,40,41)(H,42,48,49)/t23-/m0/s1. The summed E-state index contributed by atoms with van der Waals surface area (Å²) in [7, 11) is -1.90. The first-order valence-electron chi connectivity index (χ1n) is 18.0. The second kappa shape index (κ2) is 15.8. The molecule has 0 radical (unpaired) electrons. The Morgan fingerprint density at radius 2 is 1.69 bits per heavy atom. The first-order valence-corrected chi connectivity index (χ1v) is 19.5. The maximum atomic E-state index is 13.6. The minimum atomic E-state index is -3.76. The highest BCUT2D eigenvalue weighted by atomic mass is 32.2. The van der Waals surface area contributed by atoms with Gasteiger partial charge in [-0.15, -0.1) is 0 Å². The third-order valence-corrected chi connectivity index (χ3v) is 12.1. The number of carbonyl (C=O) groups excluding carboxylic acids is 2. The van der Waals surface area contributed by atoms with Gasteiger partial charge in [-0.05, 0) is 81.4 Å². The van der Waals surface area contributed by atoms with Crippen LogP contribution in [0.2, 0.25) is 0 Å². The molecule has 288 valence electrons. The van der Waals surface area contributed by atoms with E-state index in [-0.39, 0.29) is 41.1 Å². The summed E-state index contributed by atoms with van der Waals surface area (Å²) in [6, 6.07) is 12.4. The number of halogens is 2. The van der Waals surface area contributed by atoms with E-state index in [1.54, 1.807) is 28.9 Å². The molecule has 0 bridgehead atoms. The van der Waals surface area contributed by atoms with Crippen LogP contribution in [0, 0.1) is 0 Å². The molecular formula is C36H43F2N9O6S. The molecule has 4 aromatic rings. The number of imide groups is 1. The average molecular weight is 768 g/mol. The monoisotopic (exact) mass is 767 g/mol. The molecule has 54 heavy (non-hydrogen) atoms. The number of benzene rings is 2. The number of likely N-dealkylation sites (tertiary alicyclic amines) is 1. The summed E-state index contributed by atoms with van der Waals surface area (Å²) < 4.78 is 65.7. The summed E-state index contributed by atoms with van der Waals surface area (Å²) in [5.41, 5.74) is 2.16. The Kier molecular flexibility index (Phi) is 10.9. The van der Waals surface area contributed by atoms with Gasteiger partial charge < -0.3 is 14.8 Å². The molecule has 3 saturated heterocycles. The minimum Gasteiger partial charge on any atom is -0.489 e. The quantitative estimate of drug-likeness (QED) is 0.211. The number of carbonyl (C=O) groups is 2. The van der Waals surface area contributed by atoms with Crippen LogP contribution in [-0.4, -0.2) is 107 Å². The number of sulfonamides is 1. The van der Waals surface area contributed by atoms with E-state index in [2.05, 4.69) is 47.5 Å². The van der Waals surface area contributed by atoms with Crippen molar-refractivity contribution in [3.05, 3.63) is 60.4 Å². The zero-order valence-corrected chi connectivity index (χ0v) is 30.8. The zero-order chi connectivity index (χ0) is 38.0. The Balaban J connectivity index is 0.889. The SMILES string of the molecule is C[C@@H](CN1CCC(c2ccc3c(N4CCC(=O)NC4=O)nn(C)c3c2)CC1)Oc1cccc(S(=O)(=O)N2CCC(Nc3ncc(OC(F)F)cn3)CC2)c1. The fraction of sp³-hybridized carbons (Fsp3) is 0.472. The molecule has 2 N–H and O–H groups in total. The van der Waals surface area contributed by atoms with Gasteiger partial charge in [0.25, 0.3) is 0 Å². The summed E-state index contributed by atoms with van der Waals surface area (Å²) in [5.74, 6) is 1.24. The van der Waals surface area contributed by atoms with Gasteiger partial charge in [-0.2, -0.15) is 18.2 Å². The van der Waals surface area contributed by atoms with Crippen LogP contribution < -0.4 is 25.0 Å². The van der Waals surface area contributed by atoms with Crippen molar-refractivity contribution in [1.29, 1.82) is 0 Å². The zero-order valence-electron chi connectivity index (χ0n) is 30.0. The second-order valence-corrected chi connectivity index (χ2v) is 15.8. The molecule has 0 aliphatic carbocycles. The highest BCUT2D eigenvalue weighted by Crippen LogP contribution is 2.34. The molecule has 7 rings (SSSR count). The summed E-state index contributed by atoms with van der Waals surface area (Å²) in [5, 5.41) is 11.0. The van der Waals surface area contributed by atoms with Gasteiger partial charge in [-0.3, -0.25) is 24.6 Å². The van der Waals surface area contributed by atoms with Crippen molar-refractivity contribution in [3.63, 3.8) is 0 Å². The molecule has 18 heteroatoms. The summed E-state index contributed by atoms with van der Waals surface area (Å²) >= 11 is 0. The molecule has 3 amide bonds. The molecule has 3 aliphatic heterocycles. The van der Waals surface area contributed by atoms with Gasteiger partial charge in [-0.25, -0.2) is 23.2 Å². The van der Waals surface area contributed by atoms with Crippen LogP contribution in [0.1, 0.15) is 50.5 Å². The van der Waals surface area contributed by atoms with Gasteiger partial charge >= 0.3 is 12.6 Å². The molecule has 3 aliphatic rings. The maximum absolute atomic E-state index is 13.6. The Labute approximate surface area is 311 Å². The molecule has 15 nitrogen and oxygen atoms in total. The molecule has 3 fully saturated rings. The van der Waals surface area contributed by atoms with Crippen LogP contribution in [0.3, 0.4) is 0 Å². The van der Waals surface area contributed by atoms with Crippen molar-refractivity contribution in [2.24, 2.45) is 7.05 Å². The first-order chi connectivity index (χ1) is 25.9. The van der Waals surface area contributed by atoms with Crippen molar-refractivity contribution in [1.82, 2.24) is 34.3 Å². The van der Waals surface area contributed by atoms with Crippen LogP contribution in [0.15, 0.2) is 59.8 Å². The number of nitrogens with zero attached hydrogens (tertiary/aromatic N) is 7. The number of urea groups is 1. The molecule has 0 saturated carbocycles. The van der Waals surface area contributed by atoms with E-state index in [1.807, 2.05) is 20.0 Å². The first kappa shape index (κ1) is 37.4. The molecule has 0 unspecified atom stereocenters. The van der Waals surface area contributed by atoms with E-state index in [0.29, 0.717) is 56.5 Å². The van der Waals surface area contributed by atoms with Crippen molar-refractivity contribution < 1.29 is 36.3 Å². The Morgan fingerprint density at radius 1 is 0.944 bits per heavy atom. The highest BCUT2D eigenvalue weighted by Gasteiger charge is 2.31. The third kappa shape index (κ3) is 8.39. The Hall–Kier alpha value is -4.94. The van der Waals surface area contributed by atoms with Crippen molar-refractivity contribution in [2.75, 3.05) is 49.5 Å². The lowest BCUT2D eigenvalue weighted by Crippen LogP contribution is -2.49. The average Bonchev–Trinajstić information content (AvgIpc) is 3.47. The number of ether oxygens (including phenoxy) is 2. The number of hydrogen-bond acceptors (Lipinski definition) is 11. The molecule has 1 atom stereocenters. The van der Waals surface area contributed by atoms with Gasteiger partial charge in [0.2, 0.25) is 21.9 Å². The predicted molar refractivity (Wildman–Crippen MR) is 195 cm³/mol. The van der Waals surface area contributed by atoms with Crippen LogP contribution >= 0.6 is 0 Å². The number of rotatable bonds is 12. The van der Waals surface area contributed by atoms with Gasteiger partial charge in [0.1, 0.15) is 11.9 Å². The molecule has 2 aromatic carbocycles. The lowest BCUT2D eigenvalue weighted by atomic mass is 9.89. The van der Waals surface area contributed by atoms with Gasteiger partial charge in [0.05, 0.1) is 22.8 Å². The number of nitrogens with one attached hydrogen (secondary N) is 2. The van der Waals surface area contributed by atoms with E-state index < -0.39 is 22.7 Å². The molecule has 2 aromatic heterocycles. The van der Waals surface area contributed by atoms with Gasteiger partial charge in [-0.1, -0.05) is 12.1 Å². The number of hydrogen-bond donors (Lipinski definition) is 2. The Bertz CT molecular complexity index is 2090. The number of anilines is 2. The van der Waals surface area contributed by atoms with E-state index in [9.17, 15) is 26.8 Å². The van der Waals surface area contributed by atoms with Crippen molar-refractivity contribution in [2.45, 2.75) is 68.6 Å². The fourth-order valence-electron chi connectivity index (χ4n) is 7.39. The molecule has 0 spiro atoms. The number of fused-ring (bicyclic) bond motifs is 1. The van der Waals surface area contributed by atoms with Crippen LogP contribution in [-0.2, 0) is 21.9 Å². The third-order valence-electron chi connectivity index (χ3n) is 10.2.